The number of hydrogen-bond acceptors (Lipinski definition) is 6. The van der Waals surface area contributed by atoms with Crippen LogP contribution in [0.5, 0.6) is 0 Å². The number of aryl methyl sites for hydroxylation is 1. The Labute approximate surface area is 96.0 Å². The van der Waals surface area contributed by atoms with Gasteiger partial charge in [0.1, 0.15) is 10.0 Å². The molecule has 2 aromatic rings. The lowest BCUT2D eigenvalue weighted by atomic mass is 10.6. The Kier molecular flexibility index (Phi) is 3.17. The SMILES string of the molecule is Cc1csc(CSc2nccnc2N)n1. The summed E-state index contributed by atoms with van der Waals surface area (Å²) in [5.41, 5.74) is 6.74. The summed E-state index contributed by atoms with van der Waals surface area (Å²) in [4.78, 5) is 12.5. The predicted octanol–water partition coefficient (Wildman–Crippen LogP) is 2.12. The quantitative estimate of drug-likeness (QED) is 0.830. The molecule has 0 unspecified atom stereocenters. The first-order valence-electron chi connectivity index (χ1n) is 4.36. The number of nitrogens with two attached hydrogens (primary N) is 1. The van der Waals surface area contributed by atoms with Crippen molar-refractivity contribution in [3.63, 3.8) is 0 Å². The highest BCUT2D eigenvalue weighted by molar-refractivity contribution is 7.98. The van der Waals surface area contributed by atoms with Gasteiger partial charge >= 0.3 is 0 Å². The molecule has 0 aromatic carbocycles. The number of hydrogen-bond donors (Lipinski definition) is 1. The van der Waals surface area contributed by atoms with Crippen molar-refractivity contribution in [2.75, 3.05) is 5.73 Å². The Morgan fingerprint density at radius 2 is 2.20 bits per heavy atom. The Morgan fingerprint density at radius 3 is 2.87 bits per heavy atom. The number of thioether (sulfide) groups is 1. The highest BCUT2D eigenvalue weighted by atomic mass is 32.2. The van der Waals surface area contributed by atoms with Gasteiger partial charge in [0.25, 0.3) is 0 Å². The third-order valence-corrected chi connectivity index (χ3v) is 3.85. The fraction of sp³-hybridized carbons (Fsp3) is 0.222. The Morgan fingerprint density at radius 1 is 1.40 bits per heavy atom. The standard InChI is InChI=1S/C9H10N4S2/c1-6-4-14-7(13-6)5-15-9-8(10)11-2-3-12-9/h2-4H,5H2,1H3,(H2,10,11). The third-order valence-electron chi connectivity index (χ3n) is 1.69. The first kappa shape index (κ1) is 10.4. The van der Waals surface area contributed by atoms with Gasteiger partial charge in [-0.15, -0.1) is 11.3 Å². The zero-order valence-electron chi connectivity index (χ0n) is 8.17. The number of aromatic nitrogens is 3. The molecular formula is C9H10N4S2. The molecule has 0 aliphatic heterocycles. The lowest BCUT2D eigenvalue weighted by Gasteiger charge is -2.00. The molecule has 0 atom stereocenters. The van der Waals surface area contributed by atoms with Crippen LogP contribution in [0.25, 0.3) is 0 Å². The highest BCUT2D eigenvalue weighted by Gasteiger charge is 2.04. The van der Waals surface area contributed by atoms with Gasteiger partial charge in [-0.2, -0.15) is 0 Å². The van der Waals surface area contributed by atoms with E-state index in [-0.39, 0.29) is 0 Å². The van der Waals surface area contributed by atoms with E-state index < -0.39 is 0 Å². The highest BCUT2D eigenvalue weighted by Crippen LogP contribution is 2.25. The average Bonchev–Trinajstić information content (AvgIpc) is 2.63. The van der Waals surface area contributed by atoms with E-state index in [1.165, 1.54) is 0 Å². The molecule has 0 radical (unpaired) electrons. The van der Waals surface area contributed by atoms with E-state index in [0.29, 0.717) is 5.82 Å². The predicted molar refractivity (Wildman–Crippen MR) is 62.9 cm³/mol. The first-order valence-corrected chi connectivity index (χ1v) is 6.22. The summed E-state index contributed by atoms with van der Waals surface area (Å²) in [7, 11) is 0. The molecule has 6 heteroatoms. The van der Waals surface area contributed by atoms with E-state index in [4.69, 9.17) is 5.73 Å². The van der Waals surface area contributed by atoms with E-state index in [0.717, 1.165) is 21.5 Å². The molecule has 78 valence electrons. The van der Waals surface area contributed by atoms with Gasteiger partial charge in [0.15, 0.2) is 5.82 Å². The Bertz CT molecular complexity index is 455. The molecule has 2 rings (SSSR count). The van der Waals surface area contributed by atoms with E-state index in [1.54, 1.807) is 35.5 Å². The molecule has 0 bridgehead atoms. The van der Waals surface area contributed by atoms with Crippen molar-refractivity contribution in [1.82, 2.24) is 15.0 Å². The van der Waals surface area contributed by atoms with Gasteiger partial charge < -0.3 is 5.73 Å². The van der Waals surface area contributed by atoms with Gasteiger partial charge in [0, 0.05) is 23.5 Å². The summed E-state index contributed by atoms with van der Waals surface area (Å²) in [6.07, 6.45) is 3.23. The molecule has 0 spiro atoms. The van der Waals surface area contributed by atoms with Crippen LogP contribution < -0.4 is 5.73 Å². The monoisotopic (exact) mass is 238 g/mol. The summed E-state index contributed by atoms with van der Waals surface area (Å²) in [6.45, 7) is 1.99. The van der Waals surface area contributed by atoms with E-state index in [2.05, 4.69) is 15.0 Å². The van der Waals surface area contributed by atoms with Gasteiger partial charge in [-0.05, 0) is 6.92 Å². The van der Waals surface area contributed by atoms with Crippen molar-refractivity contribution in [1.29, 1.82) is 0 Å². The Balaban J connectivity index is 2.02. The maximum atomic E-state index is 5.68. The first-order chi connectivity index (χ1) is 7.25. The van der Waals surface area contributed by atoms with Gasteiger partial charge in [0.05, 0.1) is 5.75 Å². The lowest BCUT2D eigenvalue weighted by molar-refractivity contribution is 1.07. The summed E-state index contributed by atoms with van der Waals surface area (Å²) in [6, 6.07) is 0. The molecule has 15 heavy (non-hydrogen) atoms. The fourth-order valence-corrected chi connectivity index (χ4v) is 2.71. The van der Waals surface area contributed by atoms with Crippen LogP contribution in [-0.4, -0.2) is 15.0 Å². The summed E-state index contributed by atoms with van der Waals surface area (Å²) in [5.74, 6) is 1.28. The molecule has 2 heterocycles. The van der Waals surface area contributed by atoms with Crippen LogP contribution >= 0.6 is 23.1 Å². The maximum Gasteiger partial charge on any atom is 0.156 e. The Hall–Kier alpha value is -1.14. The average molecular weight is 238 g/mol. The second-order valence-electron chi connectivity index (χ2n) is 2.92. The molecule has 0 amide bonds. The zero-order chi connectivity index (χ0) is 10.7. The van der Waals surface area contributed by atoms with E-state index in [1.807, 2.05) is 12.3 Å². The van der Waals surface area contributed by atoms with Gasteiger partial charge in [0.2, 0.25) is 0 Å². The summed E-state index contributed by atoms with van der Waals surface area (Å²) >= 11 is 3.22. The number of nitrogens with zero attached hydrogens (tertiary/aromatic N) is 3. The van der Waals surface area contributed by atoms with Crippen molar-refractivity contribution in [2.24, 2.45) is 0 Å². The summed E-state index contributed by atoms with van der Waals surface area (Å²) < 4.78 is 0. The maximum absolute atomic E-state index is 5.68. The molecule has 0 aliphatic rings. The minimum atomic E-state index is 0.482. The number of rotatable bonds is 3. The van der Waals surface area contributed by atoms with Crippen LogP contribution in [0.15, 0.2) is 22.8 Å². The topological polar surface area (TPSA) is 64.7 Å². The minimum absolute atomic E-state index is 0.482. The minimum Gasteiger partial charge on any atom is -0.381 e. The van der Waals surface area contributed by atoms with Crippen molar-refractivity contribution < 1.29 is 0 Å². The molecule has 2 aromatic heterocycles. The molecule has 0 saturated heterocycles. The second kappa shape index (κ2) is 4.59. The van der Waals surface area contributed by atoms with E-state index in [9.17, 15) is 0 Å². The molecular weight excluding hydrogens is 228 g/mol. The fourth-order valence-electron chi connectivity index (χ4n) is 1.05. The number of thiazole rings is 1. The van der Waals surface area contributed by atoms with Crippen LogP contribution in [0.3, 0.4) is 0 Å². The van der Waals surface area contributed by atoms with Crippen LogP contribution in [0.4, 0.5) is 5.82 Å². The molecule has 0 aliphatic carbocycles. The van der Waals surface area contributed by atoms with Gasteiger partial charge in [-0.1, -0.05) is 11.8 Å². The smallest absolute Gasteiger partial charge is 0.156 e. The van der Waals surface area contributed by atoms with Crippen molar-refractivity contribution >= 4 is 28.9 Å². The summed E-state index contributed by atoms with van der Waals surface area (Å²) in [5, 5.41) is 3.89. The number of nitrogen functional groups attached to an aromatic ring is 1. The van der Waals surface area contributed by atoms with Crippen molar-refractivity contribution in [3.05, 3.63) is 28.5 Å². The second-order valence-corrected chi connectivity index (χ2v) is 4.82. The molecule has 0 fully saturated rings. The largest absolute Gasteiger partial charge is 0.381 e. The lowest BCUT2D eigenvalue weighted by Crippen LogP contribution is -1.94. The molecule has 4 nitrogen and oxygen atoms in total. The normalized spacial score (nSPS) is 10.5. The van der Waals surface area contributed by atoms with Crippen LogP contribution in [0.1, 0.15) is 10.7 Å². The van der Waals surface area contributed by atoms with Crippen molar-refractivity contribution in [2.45, 2.75) is 17.7 Å². The molecule has 2 N–H and O–H groups in total. The van der Waals surface area contributed by atoms with Gasteiger partial charge in [-0.25, -0.2) is 15.0 Å². The van der Waals surface area contributed by atoms with Crippen molar-refractivity contribution in [3.8, 4) is 0 Å². The third kappa shape index (κ3) is 2.66. The van der Waals surface area contributed by atoms with Crippen LogP contribution in [-0.2, 0) is 5.75 Å². The van der Waals surface area contributed by atoms with E-state index >= 15 is 0 Å². The number of anilines is 1. The zero-order valence-corrected chi connectivity index (χ0v) is 9.81. The van der Waals surface area contributed by atoms with Crippen LogP contribution in [0, 0.1) is 6.92 Å². The molecule has 0 saturated carbocycles. The van der Waals surface area contributed by atoms with Crippen LogP contribution in [0.2, 0.25) is 0 Å². The van der Waals surface area contributed by atoms with Gasteiger partial charge in [-0.3, -0.25) is 0 Å².